The number of aromatic amines is 1. The minimum Gasteiger partial charge on any atom is -0.383 e. The zero-order valence-corrected chi connectivity index (χ0v) is 16.5. The topological polar surface area (TPSA) is 137 Å². The van der Waals surface area contributed by atoms with Crippen molar-refractivity contribution in [2.45, 2.75) is 39.3 Å². The van der Waals surface area contributed by atoms with Crippen LogP contribution in [0.1, 0.15) is 31.7 Å². The molecule has 0 radical (unpaired) electrons. The fraction of sp³-hybridized carbons (Fsp3) is 0.400. The SMILES string of the molecule is CCCCn1c(N)c(N(CC(=O)NCCC#N)Cc2ccccc2)c(=O)[nH]c1=O. The highest BCUT2D eigenvalue weighted by molar-refractivity contribution is 5.82. The van der Waals surface area contributed by atoms with Gasteiger partial charge in [-0.3, -0.25) is 19.1 Å². The van der Waals surface area contributed by atoms with Gasteiger partial charge >= 0.3 is 5.69 Å². The van der Waals surface area contributed by atoms with Crippen LogP contribution in [-0.2, 0) is 17.9 Å². The Bertz CT molecular complexity index is 974. The Morgan fingerprint density at radius 2 is 2.03 bits per heavy atom. The van der Waals surface area contributed by atoms with Gasteiger partial charge in [0.2, 0.25) is 5.91 Å². The molecule has 0 fully saturated rings. The minimum absolute atomic E-state index is 0.0351. The molecule has 0 spiro atoms. The summed E-state index contributed by atoms with van der Waals surface area (Å²) in [4.78, 5) is 41.0. The number of aromatic nitrogens is 2. The van der Waals surface area contributed by atoms with Crippen molar-refractivity contribution in [1.29, 1.82) is 5.26 Å². The van der Waals surface area contributed by atoms with Gasteiger partial charge in [0.1, 0.15) is 11.5 Å². The van der Waals surface area contributed by atoms with E-state index in [1.54, 1.807) is 4.90 Å². The van der Waals surface area contributed by atoms with Gasteiger partial charge in [-0.05, 0) is 12.0 Å². The Balaban J connectivity index is 2.41. The molecule has 1 aromatic heterocycles. The molecule has 9 nitrogen and oxygen atoms in total. The van der Waals surface area contributed by atoms with Crippen molar-refractivity contribution in [3.63, 3.8) is 0 Å². The van der Waals surface area contributed by atoms with Gasteiger partial charge < -0.3 is 16.0 Å². The molecule has 4 N–H and O–H groups in total. The smallest absolute Gasteiger partial charge is 0.330 e. The molecule has 0 aliphatic rings. The molecule has 0 atom stereocenters. The number of benzene rings is 1. The summed E-state index contributed by atoms with van der Waals surface area (Å²) >= 11 is 0. The summed E-state index contributed by atoms with van der Waals surface area (Å²) in [6.45, 7) is 2.70. The molecule has 0 saturated heterocycles. The quantitative estimate of drug-likeness (QED) is 0.510. The third-order valence-electron chi connectivity index (χ3n) is 4.38. The molecule has 2 aromatic rings. The number of nitriles is 1. The van der Waals surface area contributed by atoms with Crippen LogP contribution in [0.25, 0.3) is 0 Å². The second-order valence-electron chi connectivity index (χ2n) is 6.60. The second-order valence-corrected chi connectivity index (χ2v) is 6.60. The van der Waals surface area contributed by atoms with Crippen LogP contribution in [0.2, 0.25) is 0 Å². The van der Waals surface area contributed by atoms with Crippen LogP contribution >= 0.6 is 0 Å². The van der Waals surface area contributed by atoms with Gasteiger partial charge in [-0.2, -0.15) is 5.26 Å². The van der Waals surface area contributed by atoms with Gasteiger partial charge in [0.05, 0.1) is 19.0 Å². The average molecular weight is 398 g/mol. The predicted octanol–water partition coefficient (Wildman–Crippen LogP) is 0.955. The molecule has 1 amide bonds. The predicted molar refractivity (Wildman–Crippen MR) is 111 cm³/mol. The number of nitrogens with one attached hydrogen (secondary N) is 2. The van der Waals surface area contributed by atoms with Crippen molar-refractivity contribution in [2.75, 3.05) is 23.7 Å². The highest BCUT2D eigenvalue weighted by Gasteiger charge is 2.21. The van der Waals surface area contributed by atoms with Crippen molar-refractivity contribution >= 4 is 17.4 Å². The molecule has 2 rings (SSSR count). The van der Waals surface area contributed by atoms with Crippen molar-refractivity contribution in [2.24, 2.45) is 0 Å². The summed E-state index contributed by atoms with van der Waals surface area (Å²) in [5.41, 5.74) is 5.96. The highest BCUT2D eigenvalue weighted by Crippen LogP contribution is 2.19. The summed E-state index contributed by atoms with van der Waals surface area (Å²) in [6.07, 6.45) is 1.77. The number of amides is 1. The van der Waals surface area contributed by atoms with E-state index in [0.29, 0.717) is 6.54 Å². The zero-order valence-electron chi connectivity index (χ0n) is 16.5. The molecular formula is C20H26N6O3. The number of carbonyl (C=O) groups excluding carboxylic acids is 1. The number of nitrogen functional groups attached to an aromatic ring is 1. The largest absolute Gasteiger partial charge is 0.383 e. The fourth-order valence-electron chi connectivity index (χ4n) is 2.93. The first-order valence-electron chi connectivity index (χ1n) is 9.53. The molecule has 0 bridgehead atoms. The summed E-state index contributed by atoms with van der Waals surface area (Å²) in [5, 5.41) is 11.3. The molecule has 0 saturated carbocycles. The first kappa shape index (κ1) is 21.8. The van der Waals surface area contributed by atoms with E-state index < -0.39 is 11.2 Å². The van der Waals surface area contributed by atoms with E-state index in [4.69, 9.17) is 11.0 Å². The number of nitrogens with two attached hydrogens (primary N) is 1. The van der Waals surface area contributed by atoms with Gasteiger partial charge in [0.15, 0.2) is 0 Å². The fourth-order valence-corrected chi connectivity index (χ4v) is 2.93. The average Bonchev–Trinajstić information content (AvgIpc) is 2.68. The number of rotatable bonds is 10. The molecule has 154 valence electrons. The number of unbranched alkanes of at least 4 members (excludes halogenated alkanes) is 1. The Morgan fingerprint density at radius 1 is 1.31 bits per heavy atom. The third-order valence-corrected chi connectivity index (χ3v) is 4.38. The summed E-state index contributed by atoms with van der Waals surface area (Å²) in [6, 6.07) is 11.3. The molecule has 0 aliphatic carbocycles. The lowest BCUT2D eigenvalue weighted by atomic mass is 10.2. The van der Waals surface area contributed by atoms with Crippen LogP contribution in [-0.4, -0.2) is 28.5 Å². The maximum absolute atomic E-state index is 12.6. The molecule has 1 aromatic carbocycles. The Morgan fingerprint density at radius 3 is 2.69 bits per heavy atom. The van der Waals surface area contributed by atoms with Gasteiger partial charge in [0.25, 0.3) is 5.56 Å². The Kier molecular flexibility index (Phi) is 8.03. The standard InChI is InChI=1S/C20H26N6O3/c1-2-3-12-26-18(22)17(19(28)24-20(26)29)25(13-15-8-5-4-6-9-15)14-16(27)23-11-7-10-21/h4-6,8-9H,2-3,7,11-14,22H2,1H3,(H,23,27)(H,24,28,29). The summed E-state index contributed by atoms with van der Waals surface area (Å²) < 4.78 is 1.33. The molecular weight excluding hydrogens is 372 g/mol. The molecule has 1 heterocycles. The lowest BCUT2D eigenvalue weighted by molar-refractivity contribution is -0.119. The molecule has 0 unspecified atom stereocenters. The van der Waals surface area contributed by atoms with Gasteiger partial charge in [-0.1, -0.05) is 43.7 Å². The third kappa shape index (κ3) is 5.97. The number of hydrogen-bond acceptors (Lipinski definition) is 6. The number of carbonyl (C=O) groups is 1. The van der Waals surface area contributed by atoms with Crippen LogP contribution in [0.5, 0.6) is 0 Å². The van der Waals surface area contributed by atoms with E-state index in [-0.39, 0.29) is 43.5 Å². The van der Waals surface area contributed by atoms with Crippen LogP contribution in [0, 0.1) is 11.3 Å². The normalized spacial score (nSPS) is 10.3. The molecule has 9 heteroatoms. The van der Waals surface area contributed by atoms with Crippen molar-refractivity contribution < 1.29 is 4.79 Å². The van der Waals surface area contributed by atoms with E-state index in [2.05, 4.69) is 10.3 Å². The van der Waals surface area contributed by atoms with Crippen LogP contribution < -0.4 is 27.2 Å². The monoisotopic (exact) mass is 398 g/mol. The van der Waals surface area contributed by atoms with Crippen LogP contribution in [0.4, 0.5) is 11.5 Å². The first-order chi connectivity index (χ1) is 14.0. The van der Waals surface area contributed by atoms with Crippen LogP contribution in [0.3, 0.4) is 0 Å². The number of anilines is 2. The van der Waals surface area contributed by atoms with E-state index in [1.165, 1.54) is 4.57 Å². The minimum atomic E-state index is -0.638. The van der Waals surface area contributed by atoms with E-state index in [0.717, 1.165) is 18.4 Å². The van der Waals surface area contributed by atoms with Gasteiger partial charge in [-0.25, -0.2) is 4.79 Å². The maximum Gasteiger partial charge on any atom is 0.330 e. The van der Waals surface area contributed by atoms with Crippen LogP contribution in [0.15, 0.2) is 39.9 Å². The number of nitrogens with zero attached hydrogens (tertiary/aromatic N) is 3. The number of H-pyrrole nitrogens is 1. The van der Waals surface area contributed by atoms with Crippen molar-refractivity contribution in [1.82, 2.24) is 14.9 Å². The first-order valence-corrected chi connectivity index (χ1v) is 9.53. The summed E-state index contributed by atoms with van der Waals surface area (Å²) in [5.74, 6) is -0.311. The molecule has 29 heavy (non-hydrogen) atoms. The van der Waals surface area contributed by atoms with Crippen molar-refractivity contribution in [3.8, 4) is 6.07 Å². The van der Waals surface area contributed by atoms with Gasteiger partial charge in [0, 0.05) is 19.6 Å². The summed E-state index contributed by atoms with van der Waals surface area (Å²) in [7, 11) is 0. The van der Waals surface area contributed by atoms with E-state index in [1.807, 2.05) is 43.3 Å². The zero-order chi connectivity index (χ0) is 21.2. The lowest BCUT2D eigenvalue weighted by Crippen LogP contribution is -2.42. The Hall–Kier alpha value is -3.54. The van der Waals surface area contributed by atoms with Crippen molar-refractivity contribution in [3.05, 3.63) is 56.7 Å². The van der Waals surface area contributed by atoms with E-state index in [9.17, 15) is 14.4 Å². The highest BCUT2D eigenvalue weighted by atomic mass is 16.2. The maximum atomic E-state index is 12.6. The Labute approximate surface area is 168 Å². The van der Waals surface area contributed by atoms with Gasteiger partial charge in [-0.15, -0.1) is 0 Å². The molecule has 0 aliphatic heterocycles. The lowest BCUT2D eigenvalue weighted by Gasteiger charge is -2.26. The second kappa shape index (κ2) is 10.7. The number of hydrogen-bond donors (Lipinski definition) is 3. The van der Waals surface area contributed by atoms with E-state index >= 15 is 0 Å².